The molecule has 0 radical (unpaired) electrons. The van der Waals surface area contributed by atoms with E-state index in [4.69, 9.17) is 9.47 Å². The summed E-state index contributed by atoms with van der Waals surface area (Å²) >= 11 is 0. The van der Waals surface area contributed by atoms with Crippen LogP contribution in [0.15, 0.2) is 114 Å². The molecule has 2 aliphatic carbocycles. The van der Waals surface area contributed by atoms with E-state index in [2.05, 4.69) is 96.0 Å². The minimum Gasteiger partial charge on any atom is -0.501 e. The third-order valence-corrected chi connectivity index (χ3v) is 5.88. The molecule has 0 amide bonds. The van der Waals surface area contributed by atoms with E-state index in [9.17, 15) is 0 Å². The zero-order valence-electron chi connectivity index (χ0n) is 19.4. The predicted octanol–water partition coefficient (Wildman–Crippen LogP) is 7.29. The highest BCUT2D eigenvalue weighted by Gasteiger charge is 2.20. The normalized spacial score (nSPS) is 18.2. The summed E-state index contributed by atoms with van der Waals surface area (Å²) in [7, 11) is 3.49. The standard InChI is InChI=1S/C30H31NO2/c1-32-29-20-16-27(17-21-29)31(28-18-22-30(33-2)23-19-28)26-14-12-25(13-15-26)11-7-6-10-24-8-4-3-5-9-24/h3-18,20,22,29H,19,21,23H2,1-2H3/b10-6+,11-7+. The fourth-order valence-corrected chi connectivity index (χ4v) is 4.01. The van der Waals surface area contributed by atoms with Crippen LogP contribution in [0.4, 0.5) is 5.69 Å². The highest BCUT2D eigenvalue weighted by atomic mass is 16.5. The van der Waals surface area contributed by atoms with Crippen molar-refractivity contribution in [3.8, 4) is 0 Å². The first-order valence-corrected chi connectivity index (χ1v) is 11.4. The van der Waals surface area contributed by atoms with Crippen molar-refractivity contribution in [2.45, 2.75) is 25.4 Å². The van der Waals surface area contributed by atoms with Crippen molar-refractivity contribution in [1.82, 2.24) is 0 Å². The molecule has 4 rings (SSSR count). The maximum atomic E-state index is 5.49. The van der Waals surface area contributed by atoms with E-state index in [1.54, 1.807) is 14.2 Å². The second-order valence-electron chi connectivity index (χ2n) is 8.05. The molecular weight excluding hydrogens is 406 g/mol. The summed E-state index contributed by atoms with van der Waals surface area (Å²) in [5, 5.41) is 0. The quantitative estimate of drug-likeness (QED) is 0.405. The van der Waals surface area contributed by atoms with Gasteiger partial charge in [0.25, 0.3) is 0 Å². The summed E-state index contributed by atoms with van der Waals surface area (Å²) in [5.74, 6) is 1.02. The molecule has 1 atom stereocenters. The molecule has 0 saturated carbocycles. The monoisotopic (exact) mass is 437 g/mol. The lowest BCUT2D eigenvalue weighted by molar-refractivity contribution is 0.142. The summed E-state index contributed by atoms with van der Waals surface area (Å²) in [6.45, 7) is 0. The number of methoxy groups -OCH3 is 2. The van der Waals surface area contributed by atoms with Crippen LogP contribution in [-0.4, -0.2) is 20.3 Å². The SMILES string of the molecule is COC1=CC=C(N(C2=CCC(OC)C=C2)c2ccc(/C=C/C=C/c3ccccc3)cc2)CC1. The van der Waals surface area contributed by atoms with Gasteiger partial charge in [0.05, 0.1) is 19.0 Å². The lowest BCUT2D eigenvalue weighted by Gasteiger charge is -2.32. The van der Waals surface area contributed by atoms with E-state index >= 15 is 0 Å². The van der Waals surface area contributed by atoms with E-state index in [1.165, 1.54) is 22.5 Å². The van der Waals surface area contributed by atoms with E-state index in [-0.39, 0.29) is 6.10 Å². The van der Waals surface area contributed by atoms with Crippen LogP contribution in [0.25, 0.3) is 12.2 Å². The number of allylic oxidation sites excluding steroid dienone is 7. The Balaban J connectivity index is 1.53. The highest BCUT2D eigenvalue weighted by Crippen LogP contribution is 2.33. The Morgan fingerprint density at radius 1 is 0.848 bits per heavy atom. The lowest BCUT2D eigenvalue weighted by Crippen LogP contribution is -2.24. The molecule has 33 heavy (non-hydrogen) atoms. The molecule has 2 aromatic rings. The van der Waals surface area contributed by atoms with Crippen molar-refractivity contribution < 1.29 is 9.47 Å². The molecule has 0 saturated heterocycles. The molecule has 0 spiro atoms. The van der Waals surface area contributed by atoms with Crippen LogP contribution >= 0.6 is 0 Å². The summed E-state index contributed by atoms with van der Waals surface area (Å²) in [6, 6.07) is 19.0. The maximum Gasteiger partial charge on any atom is 0.0959 e. The van der Waals surface area contributed by atoms with Gasteiger partial charge in [0.1, 0.15) is 0 Å². The number of rotatable bonds is 8. The van der Waals surface area contributed by atoms with Gasteiger partial charge in [-0.3, -0.25) is 0 Å². The van der Waals surface area contributed by atoms with Crippen LogP contribution in [0.3, 0.4) is 0 Å². The van der Waals surface area contributed by atoms with Gasteiger partial charge in [0.2, 0.25) is 0 Å². The van der Waals surface area contributed by atoms with Gasteiger partial charge in [-0.2, -0.15) is 0 Å². The smallest absolute Gasteiger partial charge is 0.0959 e. The lowest BCUT2D eigenvalue weighted by atomic mass is 10.0. The van der Waals surface area contributed by atoms with Crippen molar-refractivity contribution in [3.05, 3.63) is 125 Å². The average Bonchev–Trinajstić information content (AvgIpc) is 2.89. The number of anilines is 1. The van der Waals surface area contributed by atoms with E-state index in [0.29, 0.717) is 0 Å². The topological polar surface area (TPSA) is 21.7 Å². The van der Waals surface area contributed by atoms with Crippen molar-refractivity contribution in [3.63, 3.8) is 0 Å². The summed E-state index contributed by atoms with van der Waals surface area (Å²) in [6.07, 6.45) is 22.1. The average molecular weight is 438 g/mol. The van der Waals surface area contributed by atoms with E-state index < -0.39 is 0 Å². The number of benzene rings is 2. The number of hydrogen-bond acceptors (Lipinski definition) is 3. The molecule has 0 N–H and O–H groups in total. The molecule has 0 aliphatic heterocycles. The van der Waals surface area contributed by atoms with Crippen LogP contribution in [0.2, 0.25) is 0 Å². The molecule has 1 unspecified atom stereocenters. The van der Waals surface area contributed by atoms with Gasteiger partial charge >= 0.3 is 0 Å². The van der Waals surface area contributed by atoms with Gasteiger partial charge in [0, 0.05) is 30.6 Å². The van der Waals surface area contributed by atoms with Gasteiger partial charge < -0.3 is 14.4 Å². The van der Waals surface area contributed by atoms with Gasteiger partial charge in [-0.1, -0.05) is 78.9 Å². The number of nitrogens with zero attached hydrogens (tertiary/aromatic N) is 1. The number of hydrogen-bond donors (Lipinski definition) is 0. The molecule has 0 aromatic heterocycles. The highest BCUT2D eigenvalue weighted by molar-refractivity contribution is 5.65. The Kier molecular flexibility index (Phi) is 7.78. The van der Waals surface area contributed by atoms with Crippen LogP contribution in [0, 0.1) is 0 Å². The third-order valence-electron chi connectivity index (χ3n) is 5.88. The first-order valence-electron chi connectivity index (χ1n) is 11.4. The van der Waals surface area contributed by atoms with Crippen molar-refractivity contribution >= 4 is 17.8 Å². The van der Waals surface area contributed by atoms with E-state index in [0.717, 1.165) is 30.7 Å². The van der Waals surface area contributed by atoms with E-state index in [1.807, 2.05) is 18.2 Å². The molecule has 0 bridgehead atoms. The molecule has 3 nitrogen and oxygen atoms in total. The van der Waals surface area contributed by atoms with Gasteiger partial charge in [-0.15, -0.1) is 0 Å². The molecule has 3 heteroatoms. The minimum absolute atomic E-state index is 0.146. The zero-order chi connectivity index (χ0) is 22.9. The molecule has 168 valence electrons. The third kappa shape index (κ3) is 6.03. The van der Waals surface area contributed by atoms with Gasteiger partial charge in [-0.05, 0) is 54.3 Å². The molecule has 2 aromatic carbocycles. The largest absolute Gasteiger partial charge is 0.501 e. The van der Waals surface area contributed by atoms with Gasteiger partial charge in [0.15, 0.2) is 0 Å². The van der Waals surface area contributed by atoms with Crippen LogP contribution in [0.5, 0.6) is 0 Å². The van der Waals surface area contributed by atoms with Crippen LogP contribution in [-0.2, 0) is 9.47 Å². The summed E-state index contributed by atoms with van der Waals surface area (Å²) in [4.78, 5) is 2.34. The fourth-order valence-electron chi connectivity index (χ4n) is 4.01. The minimum atomic E-state index is 0.146. The van der Waals surface area contributed by atoms with Crippen molar-refractivity contribution in [2.75, 3.05) is 19.1 Å². The summed E-state index contributed by atoms with van der Waals surface area (Å²) in [5.41, 5.74) is 5.96. The van der Waals surface area contributed by atoms with Gasteiger partial charge in [-0.25, -0.2) is 0 Å². The second-order valence-corrected chi connectivity index (χ2v) is 8.05. The van der Waals surface area contributed by atoms with Crippen molar-refractivity contribution in [1.29, 1.82) is 0 Å². The maximum absolute atomic E-state index is 5.49. The Morgan fingerprint density at radius 3 is 2.15 bits per heavy atom. The zero-order valence-corrected chi connectivity index (χ0v) is 19.4. The molecule has 0 fully saturated rings. The fraction of sp³-hybridized carbons (Fsp3) is 0.200. The van der Waals surface area contributed by atoms with Crippen LogP contribution < -0.4 is 4.90 Å². The Labute approximate surface area is 197 Å². The second kappa shape index (κ2) is 11.3. The number of ether oxygens (including phenoxy) is 2. The Morgan fingerprint density at radius 2 is 1.58 bits per heavy atom. The molecular formula is C30H31NO2. The first kappa shape index (κ1) is 22.6. The van der Waals surface area contributed by atoms with Crippen LogP contribution in [0.1, 0.15) is 30.4 Å². The predicted molar refractivity (Wildman–Crippen MR) is 138 cm³/mol. The molecule has 2 aliphatic rings. The molecule has 0 heterocycles. The Bertz CT molecular complexity index is 1100. The summed E-state index contributed by atoms with van der Waals surface area (Å²) < 4.78 is 10.9. The first-order chi connectivity index (χ1) is 16.3. The Hall–Kier alpha value is -3.56. The van der Waals surface area contributed by atoms with Crippen molar-refractivity contribution in [2.24, 2.45) is 0 Å².